The maximum absolute atomic E-state index is 12.8. The van der Waals surface area contributed by atoms with Gasteiger partial charge in [-0.15, -0.1) is 0 Å². The van der Waals surface area contributed by atoms with Crippen LogP contribution in [0.5, 0.6) is 0 Å². The minimum Gasteiger partial charge on any atom is -0.300 e. The van der Waals surface area contributed by atoms with Gasteiger partial charge in [-0.2, -0.15) is 0 Å². The largest absolute Gasteiger partial charge is 0.402 e. The molecule has 4 heterocycles. The molecule has 2 saturated heterocycles. The first-order valence-electron chi connectivity index (χ1n) is 10.2. The van der Waals surface area contributed by atoms with Crippen LogP contribution in [0, 0.1) is 25.7 Å². The summed E-state index contributed by atoms with van der Waals surface area (Å²) in [4.78, 5) is 35.1. The van der Waals surface area contributed by atoms with E-state index in [0.29, 0.717) is 5.84 Å². The fourth-order valence-corrected chi connectivity index (χ4v) is 5.07. The Morgan fingerprint density at radius 1 is 1.07 bits per heavy atom. The maximum atomic E-state index is 12.8. The monoisotopic (exact) mass is 387 g/mol. The molecule has 3 aliphatic rings. The number of aromatic nitrogens is 2. The third-order valence-corrected chi connectivity index (χ3v) is 6.53. The van der Waals surface area contributed by atoms with Crippen LogP contribution >= 0.6 is 0 Å². The lowest BCUT2D eigenvalue weighted by atomic mass is 9.92. The van der Waals surface area contributed by atoms with Crippen LogP contribution < -0.4 is 4.57 Å². The first kappa shape index (κ1) is 19.1. The Labute approximate surface area is 166 Å². The van der Waals surface area contributed by atoms with Crippen LogP contribution in [0.1, 0.15) is 37.7 Å². The van der Waals surface area contributed by atoms with Gasteiger partial charge in [0.25, 0.3) is 5.91 Å². The number of hydrogen-bond donors (Lipinski definition) is 0. The van der Waals surface area contributed by atoms with E-state index in [1.165, 1.54) is 23.3 Å². The number of nitrogens with zero attached hydrogens (tertiary/aromatic N) is 6. The summed E-state index contributed by atoms with van der Waals surface area (Å²) in [6, 6.07) is -0.874. The van der Waals surface area contributed by atoms with Gasteiger partial charge in [-0.05, 0) is 32.1 Å². The van der Waals surface area contributed by atoms with Crippen LogP contribution in [0.25, 0.3) is 0 Å². The highest BCUT2D eigenvalue weighted by molar-refractivity contribution is 6.20. The average Bonchev–Trinajstić information content (AvgIpc) is 3.13. The van der Waals surface area contributed by atoms with Crippen molar-refractivity contribution in [3.8, 4) is 0 Å². The Morgan fingerprint density at radius 2 is 1.71 bits per heavy atom. The molecule has 3 unspecified atom stereocenters. The Balaban J connectivity index is 1.64. The Kier molecular flexibility index (Phi) is 4.56. The van der Waals surface area contributed by atoms with Crippen LogP contribution in [0.2, 0.25) is 0 Å². The predicted molar refractivity (Wildman–Crippen MR) is 106 cm³/mol. The number of amides is 3. The SMILES string of the molecule is Cc1c(C)[n+](CCN2CC(C)CC(C)C2)c2n1C1C(=O)N(C)C(=O)N(C)C1=N2. The van der Waals surface area contributed by atoms with E-state index in [9.17, 15) is 9.59 Å². The van der Waals surface area contributed by atoms with Crippen LogP contribution in [-0.2, 0) is 11.3 Å². The summed E-state index contributed by atoms with van der Waals surface area (Å²) in [7, 11) is 3.22. The molecule has 0 aromatic carbocycles. The van der Waals surface area contributed by atoms with Crippen molar-refractivity contribution in [1.29, 1.82) is 0 Å². The second-order valence-electron chi connectivity index (χ2n) is 8.81. The number of imide groups is 1. The smallest absolute Gasteiger partial charge is 0.300 e. The number of carbonyl (C=O) groups is 2. The number of likely N-dealkylation sites (N-methyl/N-ethyl adjacent to an activating group) is 2. The predicted octanol–water partition coefficient (Wildman–Crippen LogP) is 1.48. The topological polar surface area (TPSA) is 65.0 Å². The van der Waals surface area contributed by atoms with E-state index < -0.39 is 6.04 Å². The fourth-order valence-electron chi connectivity index (χ4n) is 5.07. The van der Waals surface area contributed by atoms with E-state index in [2.05, 4.69) is 30.2 Å². The molecule has 28 heavy (non-hydrogen) atoms. The van der Waals surface area contributed by atoms with E-state index in [4.69, 9.17) is 4.99 Å². The van der Waals surface area contributed by atoms with E-state index in [1.807, 2.05) is 11.5 Å². The molecular formula is C20H31N6O2+. The zero-order valence-corrected chi connectivity index (χ0v) is 17.8. The van der Waals surface area contributed by atoms with Gasteiger partial charge < -0.3 is 0 Å². The van der Waals surface area contributed by atoms with Gasteiger partial charge >= 0.3 is 12.0 Å². The number of piperidine rings is 1. The molecule has 0 spiro atoms. The Hall–Kier alpha value is -2.22. The summed E-state index contributed by atoms with van der Waals surface area (Å²) >= 11 is 0. The van der Waals surface area contributed by atoms with E-state index in [1.54, 1.807) is 7.05 Å². The van der Waals surface area contributed by atoms with Gasteiger partial charge in [0.2, 0.25) is 11.9 Å². The molecule has 3 atom stereocenters. The zero-order valence-electron chi connectivity index (χ0n) is 17.8. The maximum Gasteiger partial charge on any atom is 0.402 e. The quantitative estimate of drug-likeness (QED) is 0.738. The molecule has 3 amide bonds. The van der Waals surface area contributed by atoms with Gasteiger partial charge in [0.15, 0.2) is 0 Å². The molecule has 4 rings (SSSR count). The lowest BCUT2D eigenvalue weighted by molar-refractivity contribution is -0.688. The number of likely N-dealkylation sites (tertiary alicyclic amines) is 1. The molecule has 0 radical (unpaired) electrons. The summed E-state index contributed by atoms with van der Waals surface area (Å²) in [5.74, 6) is 2.54. The number of rotatable bonds is 3. The third-order valence-electron chi connectivity index (χ3n) is 6.53. The van der Waals surface area contributed by atoms with E-state index in [0.717, 1.165) is 55.4 Å². The first-order valence-corrected chi connectivity index (χ1v) is 10.2. The van der Waals surface area contributed by atoms with Crippen LogP contribution in [-0.4, -0.2) is 70.8 Å². The standard InChI is InChI=1S/C20H31N6O2/c1-12-9-13(2)11-24(10-12)7-8-25-14(3)15(4)26-16-17(21-19(25)26)22(5)20(28)23(6)18(16)27/h12-13,16H,7-11H2,1-6H3/q+1. The number of amidine groups is 1. The van der Waals surface area contributed by atoms with Gasteiger partial charge in [-0.25, -0.2) is 13.9 Å². The second-order valence-corrected chi connectivity index (χ2v) is 8.81. The molecule has 8 heteroatoms. The number of urea groups is 1. The van der Waals surface area contributed by atoms with Crippen molar-refractivity contribution in [2.24, 2.45) is 16.8 Å². The lowest BCUT2D eigenvalue weighted by Crippen LogP contribution is -2.56. The van der Waals surface area contributed by atoms with Crippen LogP contribution in [0.4, 0.5) is 10.7 Å². The molecule has 0 bridgehead atoms. The summed E-state index contributed by atoms with van der Waals surface area (Å²) in [6.45, 7) is 12.8. The minimum absolute atomic E-state index is 0.218. The first-order chi connectivity index (χ1) is 13.2. The third kappa shape index (κ3) is 2.77. The molecule has 3 aliphatic heterocycles. The van der Waals surface area contributed by atoms with E-state index in [-0.39, 0.29) is 11.9 Å². The van der Waals surface area contributed by atoms with E-state index >= 15 is 0 Å². The van der Waals surface area contributed by atoms with Crippen molar-refractivity contribution < 1.29 is 14.2 Å². The van der Waals surface area contributed by atoms with Gasteiger partial charge in [0.05, 0.1) is 6.54 Å². The number of hydrogen-bond acceptors (Lipinski definition) is 4. The molecule has 152 valence electrons. The normalized spacial score (nSPS) is 27.9. The molecule has 1 aromatic rings. The van der Waals surface area contributed by atoms with Crippen LogP contribution in [0.15, 0.2) is 4.99 Å². The number of carbonyl (C=O) groups excluding carboxylic acids is 2. The minimum atomic E-state index is -0.544. The Bertz CT molecular complexity index is 863. The highest BCUT2D eigenvalue weighted by Gasteiger charge is 2.53. The molecule has 0 saturated carbocycles. The van der Waals surface area contributed by atoms with Crippen molar-refractivity contribution in [3.05, 3.63) is 11.4 Å². The summed E-state index contributed by atoms with van der Waals surface area (Å²) in [6.07, 6.45) is 1.30. The molecule has 8 nitrogen and oxygen atoms in total. The van der Waals surface area contributed by atoms with Gasteiger partial charge in [0.1, 0.15) is 11.4 Å². The average molecular weight is 388 g/mol. The summed E-state index contributed by atoms with van der Waals surface area (Å²) in [5.41, 5.74) is 2.16. The van der Waals surface area contributed by atoms with Crippen molar-refractivity contribution in [3.63, 3.8) is 0 Å². The summed E-state index contributed by atoms with van der Waals surface area (Å²) in [5, 5.41) is 0. The lowest BCUT2D eigenvalue weighted by Gasteiger charge is -2.34. The number of imidazole rings is 1. The number of aliphatic imine (C=N–C) groups is 1. The molecular weight excluding hydrogens is 356 g/mol. The second kappa shape index (κ2) is 6.69. The van der Waals surface area contributed by atoms with Gasteiger partial charge in [-0.1, -0.05) is 18.8 Å². The summed E-state index contributed by atoms with van der Waals surface area (Å²) < 4.78 is 4.20. The van der Waals surface area contributed by atoms with Crippen molar-refractivity contribution in [2.45, 2.75) is 46.7 Å². The molecule has 1 aromatic heterocycles. The van der Waals surface area contributed by atoms with Crippen molar-refractivity contribution in [1.82, 2.24) is 19.3 Å². The fraction of sp³-hybridized carbons (Fsp3) is 0.700. The highest BCUT2D eigenvalue weighted by Crippen LogP contribution is 2.34. The molecule has 2 fully saturated rings. The molecule has 0 N–H and O–H groups in total. The van der Waals surface area contributed by atoms with Crippen molar-refractivity contribution >= 4 is 23.7 Å². The van der Waals surface area contributed by atoms with Crippen molar-refractivity contribution in [2.75, 3.05) is 33.7 Å². The molecule has 0 aliphatic carbocycles. The van der Waals surface area contributed by atoms with Crippen LogP contribution in [0.3, 0.4) is 0 Å². The number of fused-ring (bicyclic) bond motifs is 3. The van der Waals surface area contributed by atoms with Gasteiger partial charge in [-0.3, -0.25) is 19.5 Å². The highest BCUT2D eigenvalue weighted by atomic mass is 16.2. The zero-order chi connectivity index (χ0) is 20.3. The Morgan fingerprint density at radius 3 is 2.36 bits per heavy atom. The van der Waals surface area contributed by atoms with Gasteiger partial charge in [0, 0.05) is 33.7 Å².